The smallest absolute Gasteiger partial charge is 0.316 e. The van der Waals surface area contributed by atoms with Crippen molar-refractivity contribution in [2.75, 3.05) is 26.6 Å². The normalized spacial score (nSPS) is 9.22. The number of urea groups is 1. The van der Waals surface area contributed by atoms with E-state index in [1.165, 1.54) is 27.4 Å². The van der Waals surface area contributed by atoms with E-state index in [-0.39, 0.29) is 22.7 Å². The van der Waals surface area contributed by atoms with Gasteiger partial charge in [-0.15, -0.1) is 0 Å². The number of nitrogens with zero attached hydrogens (tertiary/aromatic N) is 1. The highest BCUT2D eigenvalue weighted by Gasteiger charge is 2.21. The molecule has 7 heteroatoms. The Morgan fingerprint density at radius 2 is 1.89 bits per heavy atom. The first kappa shape index (κ1) is 13.4. The van der Waals surface area contributed by atoms with Crippen LogP contribution in [0.3, 0.4) is 0 Å². The first-order valence-corrected chi connectivity index (χ1v) is 4.88. The molecule has 0 bridgehead atoms. The zero-order chi connectivity index (χ0) is 13.7. The number of rotatable bonds is 4. The maximum absolute atomic E-state index is 10.9. The number of methoxy groups -OCH3 is 3. The molecule has 1 rings (SSSR count). The molecule has 0 unspecified atom stereocenters. The van der Waals surface area contributed by atoms with Crippen molar-refractivity contribution < 1.29 is 19.0 Å². The fourth-order valence-corrected chi connectivity index (χ4v) is 1.49. The SMILES string of the molecule is COc1cc(C#N)c(NC(N)=O)c(OC)c1OC. The summed E-state index contributed by atoms with van der Waals surface area (Å²) in [5.74, 6) is 0.760. The van der Waals surface area contributed by atoms with E-state index in [2.05, 4.69) is 5.32 Å². The van der Waals surface area contributed by atoms with Crippen molar-refractivity contribution >= 4 is 11.7 Å². The number of ether oxygens (including phenoxy) is 3. The largest absolute Gasteiger partial charge is 0.493 e. The van der Waals surface area contributed by atoms with Gasteiger partial charge in [0.05, 0.1) is 26.9 Å². The predicted molar refractivity (Wildman–Crippen MR) is 64.0 cm³/mol. The summed E-state index contributed by atoms with van der Waals surface area (Å²) in [6.07, 6.45) is 0. The molecule has 0 fully saturated rings. The molecular weight excluding hydrogens is 238 g/mol. The monoisotopic (exact) mass is 251 g/mol. The molecule has 0 radical (unpaired) electrons. The van der Waals surface area contributed by atoms with Crippen LogP contribution in [0.4, 0.5) is 10.5 Å². The Morgan fingerprint density at radius 3 is 2.28 bits per heavy atom. The average Bonchev–Trinajstić information content (AvgIpc) is 2.36. The van der Waals surface area contributed by atoms with Gasteiger partial charge in [-0.25, -0.2) is 4.79 Å². The quantitative estimate of drug-likeness (QED) is 0.832. The van der Waals surface area contributed by atoms with Crippen molar-refractivity contribution in [1.29, 1.82) is 5.26 Å². The van der Waals surface area contributed by atoms with Crippen LogP contribution in [0.25, 0.3) is 0 Å². The molecule has 0 saturated carbocycles. The number of hydrogen-bond donors (Lipinski definition) is 2. The van der Waals surface area contributed by atoms with Crippen molar-refractivity contribution in [2.24, 2.45) is 5.73 Å². The molecule has 0 aliphatic carbocycles. The van der Waals surface area contributed by atoms with Gasteiger partial charge < -0.3 is 25.3 Å². The number of carbonyl (C=O) groups excluding carboxylic acids is 1. The lowest BCUT2D eigenvalue weighted by Crippen LogP contribution is -2.20. The number of anilines is 1. The Balaban J connectivity index is 3.56. The molecule has 0 aliphatic heterocycles. The van der Waals surface area contributed by atoms with Gasteiger partial charge in [0.15, 0.2) is 11.5 Å². The highest BCUT2D eigenvalue weighted by atomic mass is 16.5. The topological polar surface area (TPSA) is 107 Å². The van der Waals surface area contributed by atoms with Crippen LogP contribution in [-0.4, -0.2) is 27.4 Å². The lowest BCUT2D eigenvalue weighted by Gasteiger charge is -2.16. The van der Waals surface area contributed by atoms with Gasteiger partial charge >= 0.3 is 6.03 Å². The van der Waals surface area contributed by atoms with Crippen molar-refractivity contribution in [2.45, 2.75) is 0 Å². The number of amides is 2. The van der Waals surface area contributed by atoms with Crippen molar-refractivity contribution in [3.05, 3.63) is 11.6 Å². The molecule has 0 heterocycles. The number of primary amides is 1. The van der Waals surface area contributed by atoms with Crippen molar-refractivity contribution in [3.8, 4) is 23.3 Å². The maximum Gasteiger partial charge on any atom is 0.316 e. The molecule has 0 aliphatic rings. The van der Waals surface area contributed by atoms with Gasteiger partial charge in [-0.2, -0.15) is 5.26 Å². The molecule has 96 valence electrons. The Morgan fingerprint density at radius 1 is 1.28 bits per heavy atom. The van der Waals surface area contributed by atoms with E-state index >= 15 is 0 Å². The van der Waals surface area contributed by atoms with Gasteiger partial charge in [-0.3, -0.25) is 0 Å². The van der Waals surface area contributed by atoms with E-state index in [0.29, 0.717) is 5.75 Å². The summed E-state index contributed by atoms with van der Waals surface area (Å²) in [7, 11) is 4.23. The van der Waals surface area contributed by atoms with E-state index < -0.39 is 6.03 Å². The third kappa shape index (κ3) is 2.38. The minimum atomic E-state index is -0.808. The molecule has 18 heavy (non-hydrogen) atoms. The molecule has 0 saturated heterocycles. The van der Waals surface area contributed by atoms with Gasteiger partial charge in [0.25, 0.3) is 0 Å². The minimum absolute atomic E-state index is 0.144. The van der Waals surface area contributed by atoms with E-state index in [0.717, 1.165) is 0 Å². The molecule has 0 spiro atoms. The highest BCUT2D eigenvalue weighted by molar-refractivity contribution is 5.93. The first-order valence-electron chi connectivity index (χ1n) is 4.88. The van der Waals surface area contributed by atoms with Crippen LogP contribution in [0.5, 0.6) is 17.2 Å². The number of benzene rings is 1. The molecule has 1 aromatic rings. The van der Waals surface area contributed by atoms with Gasteiger partial charge in [-0.05, 0) is 0 Å². The van der Waals surface area contributed by atoms with Crippen LogP contribution in [0.15, 0.2) is 6.07 Å². The third-order valence-electron chi connectivity index (χ3n) is 2.20. The highest BCUT2D eigenvalue weighted by Crippen LogP contribution is 2.44. The van der Waals surface area contributed by atoms with E-state index in [9.17, 15) is 4.79 Å². The fraction of sp³-hybridized carbons (Fsp3) is 0.273. The summed E-state index contributed by atoms with van der Waals surface area (Å²) in [5.41, 5.74) is 5.35. The summed E-state index contributed by atoms with van der Waals surface area (Å²) in [4.78, 5) is 10.9. The average molecular weight is 251 g/mol. The molecule has 0 aromatic heterocycles. The zero-order valence-electron chi connectivity index (χ0n) is 10.2. The molecule has 3 N–H and O–H groups in total. The van der Waals surface area contributed by atoms with Crippen molar-refractivity contribution in [3.63, 3.8) is 0 Å². The second-order valence-electron chi connectivity index (χ2n) is 3.17. The Labute approximate surface area is 104 Å². The Bertz CT molecular complexity index is 508. The van der Waals surface area contributed by atoms with Crippen LogP contribution in [0, 0.1) is 11.3 Å². The fourth-order valence-electron chi connectivity index (χ4n) is 1.49. The predicted octanol–water partition coefficient (Wildman–Crippen LogP) is 1.07. The molecule has 7 nitrogen and oxygen atoms in total. The van der Waals surface area contributed by atoms with Crippen LogP contribution in [0.2, 0.25) is 0 Å². The summed E-state index contributed by atoms with van der Waals surface area (Å²) >= 11 is 0. The van der Waals surface area contributed by atoms with Gasteiger partial charge in [0.1, 0.15) is 11.8 Å². The summed E-state index contributed by atoms with van der Waals surface area (Å²) in [6.45, 7) is 0. The maximum atomic E-state index is 10.9. The standard InChI is InChI=1S/C11H13N3O4/c1-16-7-4-6(5-12)8(14-11(13)15)10(18-3)9(7)17-2/h4H,1-3H3,(H3,13,14,15). The number of carbonyl (C=O) groups is 1. The minimum Gasteiger partial charge on any atom is -0.493 e. The Hall–Kier alpha value is -2.62. The third-order valence-corrected chi connectivity index (χ3v) is 2.20. The lowest BCUT2D eigenvalue weighted by molar-refractivity contribution is 0.259. The molecular formula is C11H13N3O4. The van der Waals surface area contributed by atoms with Gasteiger partial charge in [0.2, 0.25) is 5.75 Å². The number of hydrogen-bond acceptors (Lipinski definition) is 5. The van der Waals surface area contributed by atoms with Crippen LogP contribution in [-0.2, 0) is 0 Å². The van der Waals surface area contributed by atoms with Crippen LogP contribution < -0.4 is 25.3 Å². The van der Waals surface area contributed by atoms with Crippen molar-refractivity contribution in [1.82, 2.24) is 0 Å². The summed E-state index contributed by atoms with van der Waals surface area (Å²) in [5, 5.41) is 11.4. The van der Waals surface area contributed by atoms with E-state index in [1.807, 2.05) is 6.07 Å². The first-order chi connectivity index (χ1) is 8.58. The van der Waals surface area contributed by atoms with Crippen LogP contribution >= 0.6 is 0 Å². The second-order valence-corrected chi connectivity index (χ2v) is 3.17. The summed E-state index contributed by atoms with van der Waals surface area (Å²) in [6, 6.07) is 2.53. The van der Waals surface area contributed by atoms with E-state index in [4.69, 9.17) is 25.2 Å². The molecule has 1 aromatic carbocycles. The number of nitrogens with two attached hydrogens (primary N) is 1. The second kappa shape index (κ2) is 5.63. The zero-order valence-corrected chi connectivity index (χ0v) is 10.2. The van der Waals surface area contributed by atoms with Gasteiger partial charge in [0, 0.05) is 6.07 Å². The number of nitriles is 1. The Kier molecular flexibility index (Phi) is 4.21. The lowest BCUT2D eigenvalue weighted by atomic mass is 10.1. The van der Waals surface area contributed by atoms with E-state index in [1.54, 1.807) is 0 Å². The van der Waals surface area contributed by atoms with Gasteiger partial charge in [-0.1, -0.05) is 0 Å². The molecule has 0 atom stereocenters. The summed E-state index contributed by atoms with van der Waals surface area (Å²) < 4.78 is 15.3. The number of nitrogens with one attached hydrogen (secondary N) is 1. The van der Waals surface area contributed by atoms with Crippen LogP contribution in [0.1, 0.15) is 5.56 Å². The molecule has 2 amide bonds.